The summed E-state index contributed by atoms with van der Waals surface area (Å²) in [7, 11) is 0. The molecule has 1 aliphatic rings. The highest BCUT2D eigenvalue weighted by Crippen LogP contribution is 2.30. The maximum absolute atomic E-state index is 13.0. The zero-order valence-electron chi connectivity index (χ0n) is 9.59. The summed E-state index contributed by atoms with van der Waals surface area (Å²) in [6.07, 6.45) is -2.84. The molecule has 0 spiro atoms. The largest absolute Gasteiger partial charge is 0.394 e. The first kappa shape index (κ1) is 12.4. The minimum absolute atomic E-state index is 0.141. The lowest BCUT2D eigenvalue weighted by Crippen LogP contribution is -2.33. The summed E-state index contributed by atoms with van der Waals surface area (Å²) in [4.78, 5) is 10.9. The Labute approximate surface area is 106 Å². The van der Waals surface area contributed by atoms with Gasteiger partial charge < -0.3 is 20.1 Å². The number of aromatic nitrogens is 4. The van der Waals surface area contributed by atoms with Crippen LogP contribution in [0.2, 0.25) is 0 Å². The van der Waals surface area contributed by atoms with Crippen molar-refractivity contribution in [1.82, 2.24) is 19.5 Å². The second-order valence-corrected chi connectivity index (χ2v) is 4.23. The average molecular weight is 270 g/mol. The Morgan fingerprint density at radius 3 is 2.79 bits per heavy atom. The van der Waals surface area contributed by atoms with Crippen molar-refractivity contribution in [3.05, 3.63) is 18.6 Å². The van der Waals surface area contributed by atoms with Gasteiger partial charge in [0, 0.05) is 0 Å². The summed E-state index contributed by atoms with van der Waals surface area (Å²) in [6.45, 7) is -0.440. The van der Waals surface area contributed by atoms with Crippen molar-refractivity contribution in [2.24, 2.45) is 0 Å². The SMILES string of the molecule is OCC1OC(n2cnc3cnc(F)nc32)C(O)C1O. The fourth-order valence-corrected chi connectivity index (χ4v) is 2.10. The molecule has 9 heteroatoms. The highest BCUT2D eigenvalue weighted by Gasteiger charge is 2.43. The molecule has 0 amide bonds. The molecule has 19 heavy (non-hydrogen) atoms. The van der Waals surface area contributed by atoms with Gasteiger partial charge in [-0.1, -0.05) is 0 Å². The van der Waals surface area contributed by atoms with Crippen molar-refractivity contribution in [2.75, 3.05) is 6.61 Å². The predicted octanol–water partition coefficient (Wildman–Crippen LogP) is -1.42. The number of ether oxygens (including phenoxy) is 1. The van der Waals surface area contributed by atoms with Crippen LogP contribution in [0.15, 0.2) is 12.5 Å². The van der Waals surface area contributed by atoms with Crippen molar-refractivity contribution >= 4 is 11.2 Å². The molecule has 2 aromatic heterocycles. The maximum atomic E-state index is 13.0. The number of aliphatic hydroxyl groups is 3. The molecule has 0 bridgehead atoms. The molecule has 1 aliphatic heterocycles. The van der Waals surface area contributed by atoms with Crippen LogP contribution in [0, 0.1) is 6.08 Å². The van der Waals surface area contributed by atoms with Crippen LogP contribution in [-0.2, 0) is 4.74 Å². The first-order valence-corrected chi connectivity index (χ1v) is 5.59. The molecular weight excluding hydrogens is 259 g/mol. The average Bonchev–Trinajstić information content (AvgIpc) is 2.92. The van der Waals surface area contributed by atoms with E-state index in [-0.39, 0.29) is 5.65 Å². The summed E-state index contributed by atoms with van der Waals surface area (Å²) in [6, 6.07) is 0. The topological polar surface area (TPSA) is 114 Å². The van der Waals surface area contributed by atoms with Gasteiger partial charge in [0.05, 0.1) is 19.1 Å². The van der Waals surface area contributed by atoms with Gasteiger partial charge in [-0.05, 0) is 0 Å². The van der Waals surface area contributed by atoms with E-state index in [9.17, 15) is 14.6 Å². The quantitative estimate of drug-likeness (QED) is 0.574. The van der Waals surface area contributed by atoms with Gasteiger partial charge in [0.25, 0.3) is 0 Å². The summed E-state index contributed by atoms with van der Waals surface area (Å²) in [5.41, 5.74) is 0.474. The normalized spacial score (nSPS) is 31.2. The molecular formula is C10H11FN4O4. The number of hydrogen-bond acceptors (Lipinski definition) is 7. The van der Waals surface area contributed by atoms with Crippen LogP contribution in [0.4, 0.5) is 4.39 Å². The Morgan fingerprint density at radius 1 is 1.32 bits per heavy atom. The maximum Gasteiger partial charge on any atom is 0.310 e. The predicted molar refractivity (Wildman–Crippen MR) is 58.3 cm³/mol. The molecule has 3 rings (SSSR count). The lowest BCUT2D eigenvalue weighted by atomic mass is 10.1. The van der Waals surface area contributed by atoms with Crippen molar-refractivity contribution in [2.45, 2.75) is 24.5 Å². The number of rotatable bonds is 2. The molecule has 0 aliphatic carbocycles. The molecule has 3 heterocycles. The molecule has 2 aromatic rings. The molecule has 4 unspecified atom stereocenters. The third-order valence-electron chi connectivity index (χ3n) is 3.08. The Bertz CT molecular complexity index is 606. The zero-order valence-corrected chi connectivity index (χ0v) is 9.59. The summed E-state index contributed by atoms with van der Waals surface area (Å²) in [5, 5.41) is 28.6. The second-order valence-electron chi connectivity index (χ2n) is 4.23. The van der Waals surface area contributed by atoms with E-state index in [0.29, 0.717) is 5.52 Å². The van der Waals surface area contributed by atoms with E-state index in [4.69, 9.17) is 9.84 Å². The van der Waals surface area contributed by atoms with Crippen LogP contribution in [0.1, 0.15) is 6.23 Å². The summed E-state index contributed by atoms with van der Waals surface area (Å²) >= 11 is 0. The van der Waals surface area contributed by atoms with Crippen molar-refractivity contribution in [3.63, 3.8) is 0 Å². The minimum atomic E-state index is -1.27. The van der Waals surface area contributed by atoms with Crippen LogP contribution < -0.4 is 0 Å². The Morgan fingerprint density at radius 2 is 2.11 bits per heavy atom. The number of aliphatic hydroxyl groups excluding tert-OH is 3. The molecule has 8 nitrogen and oxygen atoms in total. The molecule has 3 N–H and O–H groups in total. The lowest BCUT2D eigenvalue weighted by Gasteiger charge is -2.16. The van der Waals surface area contributed by atoms with Gasteiger partial charge in [0.2, 0.25) is 0 Å². The Balaban J connectivity index is 2.03. The van der Waals surface area contributed by atoms with Gasteiger partial charge in [-0.25, -0.2) is 9.97 Å². The number of imidazole rings is 1. The van der Waals surface area contributed by atoms with E-state index in [1.165, 1.54) is 17.1 Å². The van der Waals surface area contributed by atoms with E-state index in [1.807, 2.05) is 0 Å². The fourth-order valence-electron chi connectivity index (χ4n) is 2.10. The van der Waals surface area contributed by atoms with Gasteiger partial charge >= 0.3 is 6.08 Å². The number of hydrogen-bond donors (Lipinski definition) is 3. The van der Waals surface area contributed by atoms with E-state index >= 15 is 0 Å². The van der Waals surface area contributed by atoms with Crippen LogP contribution in [0.3, 0.4) is 0 Å². The highest BCUT2D eigenvalue weighted by molar-refractivity contribution is 5.69. The van der Waals surface area contributed by atoms with Crippen LogP contribution >= 0.6 is 0 Å². The van der Waals surface area contributed by atoms with E-state index in [0.717, 1.165) is 0 Å². The molecule has 1 fully saturated rings. The van der Waals surface area contributed by atoms with Crippen molar-refractivity contribution in [1.29, 1.82) is 0 Å². The van der Waals surface area contributed by atoms with Gasteiger partial charge in [0.15, 0.2) is 11.9 Å². The monoisotopic (exact) mass is 270 g/mol. The summed E-state index contributed by atoms with van der Waals surface area (Å²) < 4.78 is 19.7. The molecule has 1 saturated heterocycles. The number of nitrogens with zero attached hydrogens (tertiary/aromatic N) is 4. The Hall–Kier alpha value is -1.68. The number of fused-ring (bicyclic) bond motifs is 1. The van der Waals surface area contributed by atoms with E-state index in [2.05, 4.69) is 15.0 Å². The summed E-state index contributed by atoms with van der Waals surface area (Å²) in [5.74, 6) is 0. The van der Waals surface area contributed by atoms with Gasteiger partial charge in [-0.2, -0.15) is 9.37 Å². The Kier molecular flexibility index (Phi) is 2.90. The second kappa shape index (κ2) is 4.46. The first-order valence-electron chi connectivity index (χ1n) is 5.59. The number of halogens is 1. The van der Waals surface area contributed by atoms with E-state index in [1.54, 1.807) is 0 Å². The van der Waals surface area contributed by atoms with Crippen LogP contribution in [0.25, 0.3) is 11.2 Å². The van der Waals surface area contributed by atoms with Gasteiger partial charge in [-0.3, -0.25) is 4.57 Å². The third kappa shape index (κ3) is 1.87. The standard InChI is InChI=1S/C10H11FN4O4/c11-10-12-1-4-8(14-10)15(3-13-4)9-7(18)6(17)5(2-16)19-9/h1,3,5-7,9,16-18H,2H2. The molecule has 0 saturated carbocycles. The molecule has 102 valence electrons. The fraction of sp³-hybridized carbons (Fsp3) is 0.500. The van der Waals surface area contributed by atoms with Gasteiger partial charge in [0.1, 0.15) is 23.8 Å². The molecule has 0 aromatic carbocycles. The smallest absolute Gasteiger partial charge is 0.310 e. The van der Waals surface area contributed by atoms with Gasteiger partial charge in [-0.15, -0.1) is 0 Å². The first-order chi connectivity index (χ1) is 9.11. The van der Waals surface area contributed by atoms with E-state index < -0.39 is 37.2 Å². The molecule has 4 atom stereocenters. The van der Waals surface area contributed by atoms with Crippen LogP contribution in [-0.4, -0.2) is 59.8 Å². The minimum Gasteiger partial charge on any atom is -0.394 e. The zero-order chi connectivity index (χ0) is 13.6. The highest BCUT2D eigenvalue weighted by atomic mass is 19.1. The third-order valence-corrected chi connectivity index (χ3v) is 3.08. The van der Waals surface area contributed by atoms with Crippen LogP contribution in [0.5, 0.6) is 0 Å². The van der Waals surface area contributed by atoms with Crippen molar-refractivity contribution in [3.8, 4) is 0 Å². The van der Waals surface area contributed by atoms with Crippen molar-refractivity contribution < 1.29 is 24.4 Å². The lowest BCUT2D eigenvalue weighted by molar-refractivity contribution is -0.0511. The molecule has 0 radical (unpaired) electrons.